The van der Waals surface area contributed by atoms with Crippen molar-refractivity contribution < 1.29 is 43.3 Å². The van der Waals surface area contributed by atoms with Crippen LogP contribution in [0.5, 0.6) is 0 Å². The number of allylic oxidation sites excluding steroid dienone is 4. The molecule has 10 heteroatoms. The number of Topliss-reactive ketones (excluding diaryl/α,β-unsaturated/α-hetero) is 2. The minimum Gasteiger partial charge on any atom is -0.458 e. The third-order valence-corrected chi connectivity index (χ3v) is 10.6. The first-order chi connectivity index (χ1) is 18.8. The number of ketones is 3. The summed E-state index contributed by atoms with van der Waals surface area (Å²) in [6, 6.07) is 0. The first-order valence-corrected chi connectivity index (χ1v) is 14.8. The fourth-order valence-corrected chi connectivity index (χ4v) is 8.32. The van der Waals surface area contributed by atoms with Crippen LogP contribution in [0.15, 0.2) is 23.8 Å². The Morgan fingerprint density at radius 1 is 1.15 bits per heavy atom. The van der Waals surface area contributed by atoms with Gasteiger partial charge in [-0.2, -0.15) is 12.6 Å². The van der Waals surface area contributed by atoms with Crippen LogP contribution < -0.4 is 0 Å². The van der Waals surface area contributed by atoms with E-state index in [-0.39, 0.29) is 43.9 Å². The van der Waals surface area contributed by atoms with E-state index in [1.54, 1.807) is 26.8 Å². The molecule has 0 bridgehead atoms. The average Bonchev–Trinajstić information content (AvgIpc) is 3.11. The Kier molecular flexibility index (Phi) is 8.87. The van der Waals surface area contributed by atoms with Gasteiger partial charge in [0.15, 0.2) is 18.1 Å². The van der Waals surface area contributed by atoms with Crippen LogP contribution in [0.3, 0.4) is 0 Å². The van der Waals surface area contributed by atoms with E-state index in [1.807, 2.05) is 0 Å². The van der Waals surface area contributed by atoms with Gasteiger partial charge in [0, 0.05) is 35.3 Å². The Labute approximate surface area is 240 Å². The number of carbonyl (C=O) groups excluding carboxylic acids is 4. The van der Waals surface area contributed by atoms with E-state index in [9.17, 15) is 29.4 Å². The Hall–Kier alpha value is -1.88. The van der Waals surface area contributed by atoms with Gasteiger partial charge in [-0.05, 0) is 56.6 Å². The Morgan fingerprint density at radius 3 is 2.58 bits per heavy atom. The number of halogens is 1. The second-order valence-electron chi connectivity index (χ2n) is 12.4. The molecule has 40 heavy (non-hydrogen) atoms. The van der Waals surface area contributed by atoms with Crippen LogP contribution in [0.25, 0.3) is 0 Å². The Bertz CT molecular complexity index is 1120. The van der Waals surface area contributed by atoms with Gasteiger partial charge in [0.25, 0.3) is 0 Å². The summed E-state index contributed by atoms with van der Waals surface area (Å²) in [7, 11) is 0. The molecule has 0 aromatic rings. The van der Waals surface area contributed by atoms with Gasteiger partial charge in [-0.15, -0.1) is 0 Å². The van der Waals surface area contributed by atoms with E-state index < -0.39 is 64.3 Å². The first kappa shape index (κ1) is 31.1. The number of rotatable bonds is 11. The molecule has 8 nitrogen and oxygen atoms in total. The highest BCUT2D eigenvalue weighted by Crippen LogP contribution is 2.70. The van der Waals surface area contributed by atoms with E-state index in [0.717, 1.165) is 0 Å². The van der Waals surface area contributed by atoms with Crippen molar-refractivity contribution in [3.8, 4) is 0 Å². The summed E-state index contributed by atoms with van der Waals surface area (Å²) >= 11 is 4.02. The van der Waals surface area contributed by atoms with Crippen molar-refractivity contribution in [2.45, 2.75) is 83.1 Å². The molecule has 2 N–H and O–H groups in total. The van der Waals surface area contributed by atoms with Gasteiger partial charge in [-0.25, -0.2) is 4.39 Å². The fourth-order valence-electron chi connectivity index (χ4n) is 8.19. The summed E-state index contributed by atoms with van der Waals surface area (Å²) in [6.07, 6.45) is 3.92. The summed E-state index contributed by atoms with van der Waals surface area (Å²) in [6.45, 7) is 5.19. The number of hydrogen-bond acceptors (Lipinski definition) is 9. The van der Waals surface area contributed by atoms with Gasteiger partial charge in [-0.1, -0.05) is 25.5 Å². The highest BCUT2D eigenvalue weighted by Gasteiger charge is 2.75. The smallest absolute Gasteiger partial charge is 0.306 e. The van der Waals surface area contributed by atoms with Crippen LogP contribution >= 0.6 is 12.6 Å². The van der Waals surface area contributed by atoms with Crippen molar-refractivity contribution in [3.63, 3.8) is 0 Å². The van der Waals surface area contributed by atoms with E-state index in [0.29, 0.717) is 37.2 Å². The number of thiol groups is 1. The number of fused-ring (bicyclic) bond motifs is 5. The predicted octanol–water partition coefficient (Wildman–Crippen LogP) is 3.13. The molecular formula is C30H41FO8S. The van der Waals surface area contributed by atoms with Gasteiger partial charge < -0.3 is 19.7 Å². The van der Waals surface area contributed by atoms with Crippen LogP contribution in [-0.2, 0) is 28.7 Å². The third kappa shape index (κ3) is 4.82. The molecule has 3 saturated carbocycles. The number of esters is 1. The van der Waals surface area contributed by atoms with E-state index in [4.69, 9.17) is 9.47 Å². The summed E-state index contributed by atoms with van der Waals surface area (Å²) in [4.78, 5) is 49.8. The summed E-state index contributed by atoms with van der Waals surface area (Å²) < 4.78 is 27.6. The molecule has 222 valence electrons. The Morgan fingerprint density at radius 2 is 1.88 bits per heavy atom. The molecule has 0 amide bonds. The number of hydrogen-bond donors (Lipinski definition) is 3. The maximum absolute atomic E-state index is 17.2. The van der Waals surface area contributed by atoms with Crippen molar-refractivity contribution in [1.29, 1.82) is 0 Å². The van der Waals surface area contributed by atoms with Gasteiger partial charge in [0.2, 0.25) is 5.78 Å². The monoisotopic (exact) mass is 580 g/mol. The second kappa shape index (κ2) is 11.4. The zero-order valence-electron chi connectivity index (χ0n) is 23.5. The fraction of sp³-hybridized carbons (Fsp3) is 0.733. The molecule has 4 aliphatic rings. The van der Waals surface area contributed by atoms with Crippen LogP contribution in [0.1, 0.15) is 65.7 Å². The average molecular weight is 581 g/mol. The third-order valence-electron chi connectivity index (χ3n) is 10.4. The molecular weight excluding hydrogens is 539 g/mol. The van der Waals surface area contributed by atoms with E-state index in [1.165, 1.54) is 12.2 Å². The highest BCUT2D eigenvalue weighted by atomic mass is 32.1. The molecule has 0 saturated heterocycles. The molecule has 0 radical (unpaired) electrons. The normalized spacial score (nSPS) is 40.1. The van der Waals surface area contributed by atoms with Crippen molar-refractivity contribution in [2.24, 2.45) is 28.6 Å². The number of aliphatic hydroxyl groups excluding tert-OH is 1. The van der Waals surface area contributed by atoms with Crippen molar-refractivity contribution in [3.05, 3.63) is 23.8 Å². The molecule has 0 spiro atoms. The standard InChI is InChI=1S/C30H41FO8S/c1-18-14-23-22-6-4-19-15-21(33)8-10-27(19,2)29(22,31)24(34)16-28(23,3)30(18,37)25(35)17-39-26(36)7-5-20(32)9-11-38-12-13-40/h8,10,15,18,22-24,34,37,40H,4-7,9,11-14,16-17H2,1-3H3/t18-,22-,23-,24-,27-,28-,29-,30-/m0/s1. The lowest BCUT2D eigenvalue weighted by Crippen LogP contribution is -2.69. The van der Waals surface area contributed by atoms with E-state index in [2.05, 4.69) is 12.6 Å². The lowest BCUT2D eigenvalue weighted by Gasteiger charge is -2.62. The summed E-state index contributed by atoms with van der Waals surface area (Å²) in [5, 5.41) is 23.4. The van der Waals surface area contributed by atoms with Crippen LogP contribution in [0.2, 0.25) is 0 Å². The van der Waals surface area contributed by atoms with E-state index >= 15 is 4.39 Å². The molecule has 0 aromatic carbocycles. The predicted molar refractivity (Wildman–Crippen MR) is 147 cm³/mol. The number of aliphatic hydroxyl groups is 2. The molecule has 3 fully saturated rings. The topological polar surface area (TPSA) is 127 Å². The van der Waals surface area contributed by atoms with Gasteiger partial charge >= 0.3 is 5.97 Å². The summed E-state index contributed by atoms with van der Waals surface area (Å²) in [5.74, 6) is -2.84. The zero-order valence-corrected chi connectivity index (χ0v) is 24.4. The molecule has 0 heterocycles. The minimum atomic E-state index is -2.07. The Balaban J connectivity index is 1.45. The second-order valence-corrected chi connectivity index (χ2v) is 12.8. The van der Waals surface area contributed by atoms with Crippen molar-refractivity contribution in [2.75, 3.05) is 25.6 Å². The van der Waals surface area contributed by atoms with Gasteiger partial charge in [0.1, 0.15) is 11.4 Å². The van der Waals surface area contributed by atoms with Crippen LogP contribution in [0.4, 0.5) is 4.39 Å². The molecule has 0 aromatic heterocycles. The minimum absolute atomic E-state index is 0.0422. The van der Waals surface area contributed by atoms with Gasteiger partial charge in [-0.3, -0.25) is 19.2 Å². The number of ether oxygens (including phenoxy) is 2. The molecule has 4 aliphatic carbocycles. The maximum Gasteiger partial charge on any atom is 0.306 e. The largest absolute Gasteiger partial charge is 0.458 e. The van der Waals surface area contributed by atoms with Crippen molar-refractivity contribution in [1.82, 2.24) is 0 Å². The van der Waals surface area contributed by atoms with Crippen molar-refractivity contribution >= 4 is 35.9 Å². The number of alkyl halides is 1. The first-order valence-electron chi connectivity index (χ1n) is 14.2. The summed E-state index contributed by atoms with van der Waals surface area (Å²) in [5.41, 5.74) is -5.65. The molecule has 0 unspecified atom stereocenters. The van der Waals surface area contributed by atoms with Crippen LogP contribution in [-0.4, -0.2) is 76.5 Å². The molecule has 8 atom stereocenters. The highest BCUT2D eigenvalue weighted by molar-refractivity contribution is 7.80. The lowest BCUT2D eigenvalue weighted by molar-refractivity contribution is -0.220. The maximum atomic E-state index is 17.2. The van der Waals surface area contributed by atoms with Gasteiger partial charge in [0.05, 0.1) is 25.7 Å². The zero-order chi connectivity index (χ0) is 29.5. The molecule has 0 aliphatic heterocycles. The SMILES string of the molecule is C[C@H]1C[C@H]2[C@@H]3CCC4=CC(=O)C=C[C@]4(C)[C@@]3(F)[C@@H](O)C[C@]2(C)[C@@]1(O)C(=O)COC(=O)CCC(=O)CCOCCS. The lowest BCUT2D eigenvalue weighted by atomic mass is 9.44. The quantitative estimate of drug-likeness (QED) is 0.193. The molecule has 4 rings (SSSR count). The number of carbonyl (C=O) groups is 4. The van der Waals surface area contributed by atoms with Crippen LogP contribution in [0, 0.1) is 28.6 Å².